The summed E-state index contributed by atoms with van der Waals surface area (Å²) < 4.78 is 0. The van der Waals surface area contributed by atoms with Gasteiger partial charge in [-0.1, -0.05) is 54.6 Å². The Balaban J connectivity index is 1.59. The maximum atomic E-state index is 13.2. The first-order chi connectivity index (χ1) is 15.1. The van der Waals surface area contributed by atoms with Crippen LogP contribution < -0.4 is 5.32 Å². The fourth-order valence-corrected chi connectivity index (χ4v) is 4.26. The van der Waals surface area contributed by atoms with E-state index < -0.39 is 5.41 Å². The highest BCUT2D eigenvalue weighted by atomic mass is 16.2. The predicted octanol–water partition coefficient (Wildman–Crippen LogP) is 3.35. The molecule has 2 aromatic carbocycles. The van der Waals surface area contributed by atoms with Crippen LogP contribution in [0.25, 0.3) is 11.1 Å². The van der Waals surface area contributed by atoms with Crippen LogP contribution in [0.5, 0.6) is 0 Å². The van der Waals surface area contributed by atoms with E-state index in [0.717, 1.165) is 16.7 Å². The number of rotatable bonds is 6. The van der Waals surface area contributed by atoms with Crippen LogP contribution in [0.15, 0.2) is 73.2 Å². The highest BCUT2D eigenvalue weighted by Gasteiger charge is 2.46. The van der Waals surface area contributed by atoms with E-state index in [2.05, 4.69) is 45.6 Å². The van der Waals surface area contributed by atoms with Crippen molar-refractivity contribution < 1.29 is 9.59 Å². The van der Waals surface area contributed by atoms with E-state index in [1.54, 1.807) is 11.1 Å². The number of aromatic nitrogens is 2. The van der Waals surface area contributed by atoms with Crippen molar-refractivity contribution in [3.05, 3.63) is 84.4 Å². The summed E-state index contributed by atoms with van der Waals surface area (Å²) in [6.07, 6.45) is 5.71. The summed E-state index contributed by atoms with van der Waals surface area (Å²) in [6.45, 7) is 3.36. The SMILES string of the molecule is CCNC(=O)[C@]1(Cc2cccc(-c3ccccc3)c2)CCN(C(=O)c2cnccn2)C1. The van der Waals surface area contributed by atoms with E-state index in [9.17, 15) is 9.59 Å². The van der Waals surface area contributed by atoms with Gasteiger partial charge in [-0.25, -0.2) is 4.98 Å². The standard InChI is InChI=1S/C25H26N4O2/c1-2-27-24(31)25(11-14-29(18-25)23(30)22-17-26-12-13-28-22)16-19-7-6-10-21(15-19)20-8-4-3-5-9-20/h3-10,12-13,15,17H,2,11,14,16,18H2,1H3,(H,27,31)/t25-/m0/s1. The molecule has 1 saturated heterocycles. The zero-order valence-corrected chi connectivity index (χ0v) is 17.6. The topological polar surface area (TPSA) is 75.2 Å². The largest absolute Gasteiger partial charge is 0.356 e. The Bertz CT molecular complexity index is 1060. The molecule has 1 aliphatic rings. The molecule has 0 radical (unpaired) electrons. The van der Waals surface area contributed by atoms with Gasteiger partial charge in [0.05, 0.1) is 11.6 Å². The summed E-state index contributed by atoms with van der Waals surface area (Å²) in [5.74, 6) is -0.188. The number of nitrogens with zero attached hydrogens (tertiary/aromatic N) is 3. The predicted molar refractivity (Wildman–Crippen MR) is 119 cm³/mol. The molecule has 2 heterocycles. The Labute approximate surface area is 182 Å². The van der Waals surface area contributed by atoms with Crippen LogP contribution in [-0.4, -0.2) is 46.3 Å². The number of carbonyl (C=O) groups is 2. The first-order valence-corrected chi connectivity index (χ1v) is 10.6. The molecule has 1 N–H and O–H groups in total. The van der Waals surface area contributed by atoms with Crippen LogP contribution in [-0.2, 0) is 11.2 Å². The molecule has 1 aromatic heterocycles. The van der Waals surface area contributed by atoms with Gasteiger partial charge in [-0.05, 0) is 36.5 Å². The molecule has 6 heteroatoms. The lowest BCUT2D eigenvalue weighted by atomic mass is 9.79. The van der Waals surface area contributed by atoms with Gasteiger partial charge >= 0.3 is 0 Å². The molecule has 0 spiro atoms. The summed E-state index contributed by atoms with van der Waals surface area (Å²) in [5.41, 5.74) is 2.99. The van der Waals surface area contributed by atoms with Crippen molar-refractivity contribution in [1.29, 1.82) is 0 Å². The molecule has 0 aliphatic carbocycles. The van der Waals surface area contributed by atoms with Crippen LogP contribution in [0.2, 0.25) is 0 Å². The molecule has 0 unspecified atom stereocenters. The summed E-state index contributed by atoms with van der Waals surface area (Å²) in [7, 11) is 0. The average molecular weight is 415 g/mol. The number of amides is 2. The summed E-state index contributed by atoms with van der Waals surface area (Å²) in [5, 5.41) is 2.99. The van der Waals surface area contributed by atoms with Gasteiger partial charge in [-0.2, -0.15) is 0 Å². The maximum Gasteiger partial charge on any atom is 0.274 e. The van der Waals surface area contributed by atoms with Crippen molar-refractivity contribution >= 4 is 11.8 Å². The highest BCUT2D eigenvalue weighted by Crippen LogP contribution is 2.36. The van der Waals surface area contributed by atoms with Gasteiger partial charge in [-0.15, -0.1) is 0 Å². The Morgan fingerprint density at radius 1 is 1.06 bits per heavy atom. The second-order valence-corrected chi connectivity index (χ2v) is 7.95. The lowest BCUT2D eigenvalue weighted by Gasteiger charge is -2.28. The van der Waals surface area contributed by atoms with Gasteiger partial charge in [0.1, 0.15) is 5.69 Å². The van der Waals surface area contributed by atoms with E-state index >= 15 is 0 Å². The fraction of sp³-hybridized carbons (Fsp3) is 0.280. The van der Waals surface area contributed by atoms with E-state index in [4.69, 9.17) is 0 Å². The zero-order chi connectivity index (χ0) is 21.7. The first-order valence-electron chi connectivity index (χ1n) is 10.6. The van der Waals surface area contributed by atoms with Crippen molar-refractivity contribution in [2.75, 3.05) is 19.6 Å². The third-order valence-corrected chi connectivity index (χ3v) is 5.82. The van der Waals surface area contributed by atoms with Gasteiger partial charge in [0, 0.05) is 32.0 Å². The molecule has 0 saturated carbocycles. The third-order valence-electron chi connectivity index (χ3n) is 5.82. The van der Waals surface area contributed by atoms with Crippen molar-refractivity contribution in [1.82, 2.24) is 20.2 Å². The number of carbonyl (C=O) groups excluding carboxylic acids is 2. The Kier molecular flexibility index (Phi) is 6.07. The number of benzene rings is 2. The molecular weight excluding hydrogens is 388 g/mol. The number of likely N-dealkylation sites (tertiary alicyclic amines) is 1. The second kappa shape index (κ2) is 9.08. The molecule has 31 heavy (non-hydrogen) atoms. The minimum absolute atomic E-state index is 0.00504. The van der Waals surface area contributed by atoms with E-state index in [1.165, 1.54) is 12.4 Å². The quantitative estimate of drug-likeness (QED) is 0.671. The molecule has 3 aromatic rings. The van der Waals surface area contributed by atoms with Crippen molar-refractivity contribution in [3.8, 4) is 11.1 Å². The van der Waals surface area contributed by atoms with Crippen LogP contribution >= 0.6 is 0 Å². The van der Waals surface area contributed by atoms with E-state index in [0.29, 0.717) is 38.2 Å². The van der Waals surface area contributed by atoms with Crippen molar-refractivity contribution in [2.24, 2.45) is 5.41 Å². The number of hydrogen-bond donors (Lipinski definition) is 1. The second-order valence-electron chi connectivity index (χ2n) is 7.95. The Morgan fingerprint density at radius 3 is 2.61 bits per heavy atom. The lowest BCUT2D eigenvalue weighted by molar-refractivity contribution is -0.130. The highest BCUT2D eigenvalue weighted by molar-refractivity contribution is 5.93. The molecule has 4 rings (SSSR count). The average Bonchev–Trinajstić information content (AvgIpc) is 3.25. The van der Waals surface area contributed by atoms with Crippen LogP contribution in [0.1, 0.15) is 29.4 Å². The molecule has 1 atom stereocenters. The molecule has 158 valence electrons. The van der Waals surface area contributed by atoms with Gasteiger partial charge in [0.15, 0.2) is 0 Å². The van der Waals surface area contributed by atoms with Crippen molar-refractivity contribution in [3.63, 3.8) is 0 Å². The zero-order valence-electron chi connectivity index (χ0n) is 17.6. The minimum atomic E-state index is -0.664. The summed E-state index contributed by atoms with van der Waals surface area (Å²) >= 11 is 0. The van der Waals surface area contributed by atoms with Gasteiger partial charge in [0.2, 0.25) is 5.91 Å². The van der Waals surface area contributed by atoms with E-state index in [1.807, 2.05) is 31.2 Å². The summed E-state index contributed by atoms with van der Waals surface area (Å²) in [4.78, 5) is 35.9. The monoisotopic (exact) mass is 414 g/mol. The maximum absolute atomic E-state index is 13.2. The fourth-order valence-electron chi connectivity index (χ4n) is 4.26. The lowest BCUT2D eigenvalue weighted by Crippen LogP contribution is -2.45. The molecular formula is C25H26N4O2. The minimum Gasteiger partial charge on any atom is -0.356 e. The Morgan fingerprint density at radius 2 is 1.87 bits per heavy atom. The Hall–Kier alpha value is -3.54. The van der Waals surface area contributed by atoms with Crippen LogP contribution in [0.4, 0.5) is 0 Å². The van der Waals surface area contributed by atoms with Crippen LogP contribution in [0, 0.1) is 5.41 Å². The van der Waals surface area contributed by atoms with Gasteiger partial charge in [-0.3, -0.25) is 14.6 Å². The molecule has 6 nitrogen and oxygen atoms in total. The normalized spacial score (nSPS) is 18.0. The van der Waals surface area contributed by atoms with Crippen molar-refractivity contribution in [2.45, 2.75) is 19.8 Å². The van der Waals surface area contributed by atoms with Gasteiger partial charge in [0.25, 0.3) is 5.91 Å². The van der Waals surface area contributed by atoms with Crippen LogP contribution in [0.3, 0.4) is 0 Å². The molecule has 2 amide bonds. The van der Waals surface area contributed by atoms with E-state index in [-0.39, 0.29) is 11.8 Å². The first kappa shape index (κ1) is 20.7. The number of nitrogens with one attached hydrogen (secondary N) is 1. The number of hydrogen-bond acceptors (Lipinski definition) is 4. The van der Waals surface area contributed by atoms with Gasteiger partial charge < -0.3 is 10.2 Å². The third kappa shape index (κ3) is 4.48. The summed E-state index contributed by atoms with van der Waals surface area (Å²) in [6, 6.07) is 18.5. The smallest absolute Gasteiger partial charge is 0.274 e. The molecule has 0 bridgehead atoms. The molecule has 1 aliphatic heterocycles. The molecule has 1 fully saturated rings.